The fraction of sp³-hybridized carbons (Fsp3) is 0.263. The predicted octanol–water partition coefficient (Wildman–Crippen LogP) is 3.19. The van der Waals surface area contributed by atoms with Crippen molar-refractivity contribution in [2.45, 2.75) is 19.8 Å². The summed E-state index contributed by atoms with van der Waals surface area (Å²) >= 11 is 0. The Morgan fingerprint density at radius 2 is 2.04 bits per heavy atom. The highest BCUT2D eigenvalue weighted by atomic mass is 16.3. The molecule has 134 valence electrons. The second kappa shape index (κ2) is 8.24. The number of rotatable bonds is 7. The molecule has 0 unspecified atom stereocenters. The molecule has 0 aliphatic carbocycles. The number of carbonyl (C=O) groups is 1. The smallest absolute Gasteiger partial charge is 0.272 e. The number of nitrogens with zero attached hydrogens (tertiary/aromatic N) is 5. The molecule has 0 radical (unpaired) electrons. The van der Waals surface area contributed by atoms with Crippen molar-refractivity contribution >= 4 is 17.7 Å². The third-order valence-corrected chi connectivity index (χ3v) is 3.96. The lowest BCUT2D eigenvalue weighted by Gasteiger charge is -2.19. The molecule has 0 fully saturated rings. The highest BCUT2D eigenvalue weighted by molar-refractivity contribution is 6.18. The van der Waals surface area contributed by atoms with E-state index < -0.39 is 0 Å². The number of tetrazole rings is 1. The first-order chi connectivity index (χ1) is 12.7. The van der Waals surface area contributed by atoms with Crippen molar-refractivity contribution in [2.75, 3.05) is 13.6 Å². The van der Waals surface area contributed by atoms with Gasteiger partial charge in [0, 0.05) is 25.2 Å². The molecule has 3 aromatic rings. The minimum atomic E-state index is -0.167. The lowest BCUT2D eigenvalue weighted by molar-refractivity contribution is -0.124. The van der Waals surface area contributed by atoms with Crippen LogP contribution in [0.3, 0.4) is 0 Å². The van der Waals surface area contributed by atoms with Crippen molar-refractivity contribution in [1.82, 2.24) is 25.1 Å². The highest BCUT2D eigenvalue weighted by Crippen LogP contribution is 2.21. The average molecular weight is 351 g/mol. The number of likely N-dealkylation sites (N-methyl/N-ethyl adjacent to an activating group) is 1. The highest BCUT2D eigenvalue weighted by Gasteiger charge is 2.22. The van der Waals surface area contributed by atoms with Gasteiger partial charge in [-0.15, -0.1) is 5.10 Å². The Hall–Kier alpha value is -3.22. The van der Waals surface area contributed by atoms with Crippen LogP contribution in [0.4, 0.5) is 0 Å². The largest absolute Gasteiger partial charge is 0.465 e. The van der Waals surface area contributed by atoms with E-state index in [4.69, 9.17) is 4.42 Å². The number of furan rings is 1. The second-order valence-electron chi connectivity index (χ2n) is 5.91. The topological polar surface area (TPSA) is 77.0 Å². The maximum Gasteiger partial charge on any atom is 0.272 e. The molecule has 2 heterocycles. The Morgan fingerprint density at radius 3 is 2.73 bits per heavy atom. The number of hydrogen-bond donors (Lipinski definition) is 0. The maximum atomic E-state index is 13.1. The third-order valence-electron chi connectivity index (χ3n) is 3.96. The molecule has 2 aromatic heterocycles. The Balaban J connectivity index is 2.03. The number of amides is 1. The van der Waals surface area contributed by atoms with E-state index in [2.05, 4.69) is 22.4 Å². The fourth-order valence-corrected chi connectivity index (χ4v) is 2.53. The Labute approximate surface area is 151 Å². The summed E-state index contributed by atoms with van der Waals surface area (Å²) in [5.41, 5.74) is 1.16. The quantitative estimate of drug-likeness (QED) is 0.611. The first-order valence-electron chi connectivity index (χ1n) is 8.55. The van der Waals surface area contributed by atoms with E-state index in [0.717, 1.165) is 18.4 Å². The van der Waals surface area contributed by atoms with E-state index in [1.54, 1.807) is 36.4 Å². The van der Waals surface area contributed by atoms with E-state index in [9.17, 15) is 4.79 Å². The summed E-state index contributed by atoms with van der Waals surface area (Å²) in [5.74, 6) is 0.895. The molecule has 26 heavy (non-hydrogen) atoms. The molecule has 0 spiro atoms. The van der Waals surface area contributed by atoms with E-state index in [0.29, 0.717) is 23.8 Å². The van der Waals surface area contributed by atoms with Gasteiger partial charge < -0.3 is 9.32 Å². The minimum Gasteiger partial charge on any atom is -0.465 e. The van der Waals surface area contributed by atoms with Crippen molar-refractivity contribution in [3.63, 3.8) is 0 Å². The van der Waals surface area contributed by atoms with Gasteiger partial charge >= 0.3 is 0 Å². The van der Waals surface area contributed by atoms with Gasteiger partial charge in [0.15, 0.2) is 5.82 Å². The van der Waals surface area contributed by atoms with Crippen molar-refractivity contribution in [1.29, 1.82) is 0 Å². The summed E-state index contributed by atoms with van der Waals surface area (Å²) in [4.78, 5) is 14.7. The van der Waals surface area contributed by atoms with Gasteiger partial charge in [-0.25, -0.2) is 0 Å². The number of benzene rings is 1. The van der Waals surface area contributed by atoms with Crippen LogP contribution in [0.25, 0.3) is 23.2 Å². The van der Waals surface area contributed by atoms with E-state index >= 15 is 0 Å². The molecule has 0 bridgehead atoms. The van der Waals surface area contributed by atoms with Crippen LogP contribution in [-0.4, -0.2) is 44.6 Å². The van der Waals surface area contributed by atoms with Crippen LogP contribution < -0.4 is 0 Å². The monoisotopic (exact) mass is 351 g/mol. The molecule has 0 saturated heterocycles. The van der Waals surface area contributed by atoms with E-state index in [1.165, 1.54) is 4.68 Å². The first kappa shape index (κ1) is 17.6. The number of aromatic nitrogens is 4. The van der Waals surface area contributed by atoms with Crippen LogP contribution in [0.15, 0.2) is 53.1 Å². The molecule has 7 nitrogen and oxygen atoms in total. The molecule has 0 aliphatic rings. The van der Waals surface area contributed by atoms with Gasteiger partial charge in [-0.1, -0.05) is 43.7 Å². The Morgan fingerprint density at radius 1 is 1.23 bits per heavy atom. The summed E-state index contributed by atoms with van der Waals surface area (Å²) in [6.45, 7) is 2.75. The molecule has 3 rings (SSSR count). The van der Waals surface area contributed by atoms with E-state index in [1.807, 2.05) is 30.3 Å². The number of hydrogen-bond acceptors (Lipinski definition) is 5. The van der Waals surface area contributed by atoms with Crippen molar-refractivity contribution in [2.24, 2.45) is 0 Å². The third kappa shape index (κ3) is 3.88. The van der Waals surface area contributed by atoms with Crippen LogP contribution in [0, 0.1) is 0 Å². The summed E-state index contributed by atoms with van der Waals surface area (Å²) in [6.07, 6.45) is 5.16. The summed E-state index contributed by atoms with van der Waals surface area (Å²) in [5, 5.41) is 11.9. The molecule has 0 saturated carbocycles. The fourth-order valence-electron chi connectivity index (χ4n) is 2.53. The summed E-state index contributed by atoms with van der Waals surface area (Å²) in [6, 6.07) is 13.1. The molecule has 7 heteroatoms. The van der Waals surface area contributed by atoms with Crippen LogP contribution in [0.2, 0.25) is 0 Å². The van der Waals surface area contributed by atoms with Gasteiger partial charge in [0.2, 0.25) is 0 Å². The van der Waals surface area contributed by atoms with Gasteiger partial charge in [0.25, 0.3) is 5.91 Å². The van der Waals surface area contributed by atoms with Crippen molar-refractivity contribution in [3.8, 4) is 11.4 Å². The molecular weight excluding hydrogens is 330 g/mol. The van der Waals surface area contributed by atoms with Gasteiger partial charge in [-0.2, -0.15) is 4.68 Å². The number of unbranched alkanes of at least 4 members (excludes halogenated alkanes) is 1. The van der Waals surface area contributed by atoms with Gasteiger partial charge in [0.1, 0.15) is 11.5 Å². The van der Waals surface area contributed by atoms with Crippen molar-refractivity contribution in [3.05, 3.63) is 54.5 Å². The average Bonchev–Trinajstić information content (AvgIpc) is 3.36. The van der Waals surface area contributed by atoms with Gasteiger partial charge in [-0.05, 0) is 29.0 Å². The van der Waals surface area contributed by atoms with E-state index in [-0.39, 0.29) is 5.91 Å². The SMILES string of the molecule is CCCCN(C)C(=O)/C(=C/c1ccco1)n1nnnc1-c1ccccc1. The Kier molecular flexibility index (Phi) is 5.58. The zero-order valence-electron chi connectivity index (χ0n) is 14.9. The number of carbonyl (C=O) groups excluding carboxylic acids is 1. The molecule has 1 amide bonds. The normalized spacial score (nSPS) is 11.5. The zero-order valence-corrected chi connectivity index (χ0v) is 14.9. The summed E-state index contributed by atoms with van der Waals surface area (Å²) < 4.78 is 6.85. The van der Waals surface area contributed by atoms with Crippen molar-refractivity contribution < 1.29 is 9.21 Å². The Bertz CT molecular complexity index is 868. The summed E-state index contributed by atoms with van der Waals surface area (Å²) in [7, 11) is 1.78. The van der Waals surface area contributed by atoms with Gasteiger partial charge in [0.05, 0.1) is 6.26 Å². The van der Waals surface area contributed by atoms with Crippen LogP contribution in [0.1, 0.15) is 25.5 Å². The lowest BCUT2D eigenvalue weighted by atomic mass is 10.2. The molecule has 0 N–H and O–H groups in total. The minimum absolute atomic E-state index is 0.167. The van der Waals surface area contributed by atoms with Crippen LogP contribution in [-0.2, 0) is 4.79 Å². The van der Waals surface area contributed by atoms with Gasteiger partial charge in [-0.3, -0.25) is 4.79 Å². The zero-order chi connectivity index (χ0) is 18.4. The predicted molar refractivity (Wildman–Crippen MR) is 98.7 cm³/mol. The van der Waals surface area contributed by atoms with Crippen LogP contribution >= 0.6 is 0 Å². The molecule has 0 atom stereocenters. The first-order valence-corrected chi connectivity index (χ1v) is 8.55. The molecule has 0 aliphatic heterocycles. The maximum absolute atomic E-state index is 13.1. The molecular formula is C19H21N5O2. The standard InChI is InChI=1S/C19H21N5O2/c1-3-4-12-23(2)19(25)17(14-16-11-8-13-26-16)24-18(20-21-22-24)15-9-6-5-7-10-15/h5-11,13-14H,3-4,12H2,1-2H3/b17-14-. The second-order valence-corrected chi connectivity index (χ2v) is 5.91. The lowest BCUT2D eigenvalue weighted by Crippen LogP contribution is -2.30. The molecule has 1 aromatic carbocycles. The van der Waals surface area contributed by atoms with Crippen LogP contribution in [0.5, 0.6) is 0 Å².